The van der Waals surface area contributed by atoms with Gasteiger partial charge in [0, 0.05) is 11.4 Å². The van der Waals surface area contributed by atoms with Gasteiger partial charge < -0.3 is 15.5 Å². The summed E-state index contributed by atoms with van der Waals surface area (Å²) in [6.45, 7) is 3.70. The number of hydrogen-bond donors (Lipinski definition) is 3. The largest absolute Gasteiger partial charge is 0.508 e. The van der Waals surface area contributed by atoms with Gasteiger partial charge in [0.2, 0.25) is 0 Å². The van der Waals surface area contributed by atoms with Gasteiger partial charge in [-0.1, -0.05) is 0 Å². The topological polar surface area (TPSA) is 52.5 Å². The van der Waals surface area contributed by atoms with E-state index in [0.717, 1.165) is 22.5 Å². The molecular formula is C14H15NO2. The number of aryl methyl sites for hydroxylation is 2. The summed E-state index contributed by atoms with van der Waals surface area (Å²) in [6.07, 6.45) is 0. The Morgan fingerprint density at radius 1 is 0.765 bits per heavy atom. The Morgan fingerprint density at radius 3 is 1.53 bits per heavy atom. The van der Waals surface area contributed by atoms with Crippen LogP contribution < -0.4 is 5.32 Å². The Morgan fingerprint density at radius 2 is 1.18 bits per heavy atom. The minimum atomic E-state index is 0.289. The normalized spacial score (nSPS) is 10.2. The van der Waals surface area contributed by atoms with Crippen molar-refractivity contribution in [2.75, 3.05) is 5.32 Å². The molecule has 0 saturated carbocycles. The van der Waals surface area contributed by atoms with Crippen molar-refractivity contribution in [1.29, 1.82) is 0 Å². The zero-order valence-corrected chi connectivity index (χ0v) is 9.86. The van der Waals surface area contributed by atoms with Crippen LogP contribution in [0.15, 0.2) is 36.4 Å². The Hall–Kier alpha value is -2.16. The molecular weight excluding hydrogens is 214 g/mol. The molecule has 17 heavy (non-hydrogen) atoms. The molecule has 0 atom stereocenters. The van der Waals surface area contributed by atoms with Crippen LogP contribution in [0.25, 0.3) is 0 Å². The van der Waals surface area contributed by atoms with Crippen LogP contribution in [0, 0.1) is 13.8 Å². The summed E-state index contributed by atoms with van der Waals surface area (Å²) in [7, 11) is 0. The Balaban J connectivity index is 2.25. The number of anilines is 2. The highest BCUT2D eigenvalue weighted by Crippen LogP contribution is 2.25. The SMILES string of the molecule is Cc1cc(Nc2ccc(O)c(C)c2)ccc1O. The smallest absolute Gasteiger partial charge is 0.118 e. The van der Waals surface area contributed by atoms with Gasteiger partial charge in [0.25, 0.3) is 0 Å². The van der Waals surface area contributed by atoms with Gasteiger partial charge >= 0.3 is 0 Å². The Labute approximate surface area is 100 Å². The van der Waals surface area contributed by atoms with Gasteiger partial charge in [-0.25, -0.2) is 0 Å². The third-order valence-electron chi connectivity index (χ3n) is 2.68. The summed E-state index contributed by atoms with van der Waals surface area (Å²) in [4.78, 5) is 0. The number of nitrogens with one attached hydrogen (secondary N) is 1. The van der Waals surface area contributed by atoms with E-state index in [2.05, 4.69) is 5.32 Å². The molecule has 3 heteroatoms. The molecule has 2 aromatic rings. The van der Waals surface area contributed by atoms with Crippen LogP contribution in [-0.2, 0) is 0 Å². The lowest BCUT2D eigenvalue weighted by atomic mass is 10.1. The van der Waals surface area contributed by atoms with E-state index in [4.69, 9.17) is 0 Å². The molecule has 0 unspecified atom stereocenters. The monoisotopic (exact) mass is 229 g/mol. The molecule has 2 aromatic carbocycles. The van der Waals surface area contributed by atoms with Gasteiger partial charge in [0.15, 0.2) is 0 Å². The average Bonchev–Trinajstić information content (AvgIpc) is 2.29. The lowest BCUT2D eigenvalue weighted by Crippen LogP contribution is -1.91. The van der Waals surface area contributed by atoms with E-state index < -0.39 is 0 Å². The van der Waals surface area contributed by atoms with Gasteiger partial charge in [0.1, 0.15) is 11.5 Å². The second-order valence-corrected chi connectivity index (χ2v) is 4.13. The number of hydrogen-bond acceptors (Lipinski definition) is 3. The van der Waals surface area contributed by atoms with Crippen LogP contribution in [0.4, 0.5) is 11.4 Å². The first-order valence-electron chi connectivity index (χ1n) is 5.42. The molecule has 0 bridgehead atoms. The van der Waals surface area contributed by atoms with Crippen molar-refractivity contribution >= 4 is 11.4 Å². The molecule has 0 amide bonds. The van der Waals surface area contributed by atoms with Gasteiger partial charge in [-0.2, -0.15) is 0 Å². The quantitative estimate of drug-likeness (QED) is 0.691. The van der Waals surface area contributed by atoms with E-state index in [0.29, 0.717) is 0 Å². The molecule has 88 valence electrons. The highest BCUT2D eigenvalue weighted by molar-refractivity contribution is 5.63. The molecule has 0 radical (unpaired) electrons. The summed E-state index contributed by atoms with van der Waals surface area (Å²) in [5, 5.41) is 22.1. The first-order chi connectivity index (χ1) is 8.06. The molecule has 0 aliphatic carbocycles. The van der Waals surface area contributed by atoms with Crippen molar-refractivity contribution in [3.05, 3.63) is 47.5 Å². The van der Waals surface area contributed by atoms with Gasteiger partial charge in [-0.05, 0) is 61.4 Å². The van der Waals surface area contributed by atoms with Crippen molar-refractivity contribution in [2.24, 2.45) is 0 Å². The zero-order chi connectivity index (χ0) is 12.4. The summed E-state index contributed by atoms with van der Waals surface area (Å²) < 4.78 is 0. The first-order valence-corrected chi connectivity index (χ1v) is 5.42. The number of aromatic hydroxyl groups is 2. The maximum atomic E-state index is 9.43. The second kappa shape index (κ2) is 4.37. The van der Waals surface area contributed by atoms with Crippen LogP contribution in [-0.4, -0.2) is 10.2 Å². The van der Waals surface area contributed by atoms with Gasteiger partial charge in [0.05, 0.1) is 0 Å². The minimum Gasteiger partial charge on any atom is -0.508 e. The predicted octanol–water partition coefficient (Wildman–Crippen LogP) is 3.46. The summed E-state index contributed by atoms with van der Waals surface area (Å²) in [5.41, 5.74) is 3.46. The fourth-order valence-corrected chi connectivity index (χ4v) is 1.63. The molecule has 0 fully saturated rings. The molecule has 0 spiro atoms. The van der Waals surface area contributed by atoms with Crippen molar-refractivity contribution in [2.45, 2.75) is 13.8 Å². The van der Waals surface area contributed by atoms with E-state index in [1.54, 1.807) is 12.1 Å². The van der Waals surface area contributed by atoms with Crippen molar-refractivity contribution in [1.82, 2.24) is 0 Å². The second-order valence-electron chi connectivity index (χ2n) is 4.13. The van der Waals surface area contributed by atoms with E-state index in [1.807, 2.05) is 38.1 Å². The molecule has 0 aromatic heterocycles. The van der Waals surface area contributed by atoms with Crippen LogP contribution >= 0.6 is 0 Å². The molecule has 3 N–H and O–H groups in total. The van der Waals surface area contributed by atoms with Crippen LogP contribution in [0.5, 0.6) is 11.5 Å². The summed E-state index contributed by atoms with van der Waals surface area (Å²) in [6, 6.07) is 10.7. The van der Waals surface area contributed by atoms with Crippen LogP contribution in [0.1, 0.15) is 11.1 Å². The number of rotatable bonds is 2. The number of benzene rings is 2. The van der Waals surface area contributed by atoms with E-state index in [-0.39, 0.29) is 11.5 Å². The molecule has 0 aliphatic rings. The fraction of sp³-hybridized carbons (Fsp3) is 0.143. The van der Waals surface area contributed by atoms with Crippen molar-refractivity contribution in [3.8, 4) is 11.5 Å². The predicted molar refractivity (Wildman–Crippen MR) is 69.0 cm³/mol. The van der Waals surface area contributed by atoms with Gasteiger partial charge in [-0.15, -0.1) is 0 Å². The van der Waals surface area contributed by atoms with Crippen molar-refractivity contribution in [3.63, 3.8) is 0 Å². The minimum absolute atomic E-state index is 0.289. The average molecular weight is 229 g/mol. The molecule has 3 nitrogen and oxygen atoms in total. The van der Waals surface area contributed by atoms with E-state index >= 15 is 0 Å². The lowest BCUT2D eigenvalue weighted by Gasteiger charge is -2.09. The molecule has 0 heterocycles. The third-order valence-corrected chi connectivity index (χ3v) is 2.68. The van der Waals surface area contributed by atoms with E-state index in [1.165, 1.54) is 0 Å². The highest BCUT2D eigenvalue weighted by atomic mass is 16.3. The third kappa shape index (κ3) is 2.50. The fourth-order valence-electron chi connectivity index (χ4n) is 1.63. The molecule has 0 aliphatic heterocycles. The first kappa shape index (κ1) is 11.3. The maximum Gasteiger partial charge on any atom is 0.118 e. The molecule has 0 saturated heterocycles. The Kier molecular flexibility index (Phi) is 2.91. The zero-order valence-electron chi connectivity index (χ0n) is 9.86. The van der Waals surface area contributed by atoms with E-state index in [9.17, 15) is 10.2 Å². The highest BCUT2D eigenvalue weighted by Gasteiger charge is 2.01. The lowest BCUT2D eigenvalue weighted by molar-refractivity contribution is 0.471. The maximum absolute atomic E-state index is 9.43. The summed E-state index contributed by atoms with van der Waals surface area (Å²) in [5.74, 6) is 0.579. The van der Waals surface area contributed by atoms with Gasteiger partial charge in [-0.3, -0.25) is 0 Å². The summed E-state index contributed by atoms with van der Waals surface area (Å²) >= 11 is 0. The van der Waals surface area contributed by atoms with Crippen LogP contribution in [0.3, 0.4) is 0 Å². The Bertz CT molecular complexity index is 500. The van der Waals surface area contributed by atoms with Crippen LogP contribution in [0.2, 0.25) is 0 Å². The number of phenolic OH excluding ortho intramolecular Hbond substituents is 2. The standard InChI is InChI=1S/C14H15NO2/c1-9-7-11(3-5-13(9)16)15-12-4-6-14(17)10(2)8-12/h3-8,15-17H,1-2H3. The van der Waals surface area contributed by atoms with Crippen molar-refractivity contribution < 1.29 is 10.2 Å². The number of phenols is 2. The molecule has 2 rings (SSSR count).